The summed E-state index contributed by atoms with van der Waals surface area (Å²) in [6.07, 6.45) is 1.76. The fraction of sp³-hybridized carbons (Fsp3) is 0.200. The van der Waals surface area contributed by atoms with Crippen LogP contribution in [0.4, 0.5) is 5.69 Å². The maximum Gasteiger partial charge on any atom is 0.264 e. The molecule has 1 N–H and O–H groups in total. The molecule has 0 unspecified atom stereocenters. The molecule has 1 aliphatic heterocycles. The molecule has 0 bridgehead atoms. The number of thioether (sulfide) groups is 1. The van der Waals surface area contributed by atoms with Gasteiger partial charge in [0, 0.05) is 17.7 Å². The highest BCUT2D eigenvalue weighted by Gasteiger charge is 2.24. The summed E-state index contributed by atoms with van der Waals surface area (Å²) < 4.78 is 21.1. The molecule has 1 amide bonds. The Morgan fingerprint density at radius 1 is 0.893 bits per heavy atom. The third kappa shape index (κ3) is 4.23. The van der Waals surface area contributed by atoms with E-state index in [9.17, 15) is 4.79 Å². The van der Waals surface area contributed by atoms with Crippen LogP contribution >= 0.6 is 11.8 Å². The van der Waals surface area contributed by atoms with Gasteiger partial charge < -0.3 is 24.3 Å². The van der Waals surface area contributed by atoms with Crippen molar-refractivity contribution in [3.8, 4) is 23.0 Å². The highest BCUT2D eigenvalue weighted by atomic mass is 32.2. The topological polar surface area (TPSA) is 78.4 Å². The fourth-order valence-electron chi connectivity index (χ4n) is 2.55. The van der Waals surface area contributed by atoms with Crippen LogP contribution in [0.5, 0.6) is 23.0 Å². The molecule has 1 saturated heterocycles. The number of carbonyl (C=O) groups excluding carboxylic acids is 1. The van der Waals surface area contributed by atoms with Gasteiger partial charge in [0.1, 0.15) is 28.7 Å². The molecule has 0 aliphatic carbocycles. The summed E-state index contributed by atoms with van der Waals surface area (Å²) in [6, 6.07) is 10.7. The Labute approximate surface area is 167 Å². The van der Waals surface area contributed by atoms with Gasteiger partial charge in [0.15, 0.2) is 5.17 Å². The molecule has 7 nitrogen and oxygen atoms in total. The van der Waals surface area contributed by atoms with E-state index in [1.54, 1.807) is 58.8 Å². The lowest BCUT2D eigenvalue weighted by atomic mass is 10.1. The van der Waals surface area contributed by atoms with Crippen molar-refractivity contribution in [3.63, 3.8) is 0 Å². The third-order valence-electron chi connectivity index (χ3n) is 3.99. The fourth-order valence-corrected chi connectivity index (χ4v) is 3.37. The molecule has 0 atom stereocenters. The van der Waals surface area contributed by atoms with Gasteiger partial charge in [0.05, 0.1) is 33.3 Å². The number of methoxy groups -OCH3 is 4. The molecule has 8 heteroatoms. The van der Waals surface area contributed by atoms with Crippen molar-refractivity contribution >= 4 is 34.6 Å². The van der Waals surface area contributed by atoms with Gasteiger partial charge in [0.2, 0.25) is 0 Å². The van der Waals surface area contributed by atoms with E-state index < -0.39 is 0 Å². The van der Waals surface area contributed by atoms with Crippen molar-refractivity contribution in [2.45, 2.75) is 0 Å². The van der Waals surface area contributed by atoms with Crippen LogP contribution in [0.15, 0.2) is 46.3 Å². The van der Waals surface area contributed by atoms with Crippen molar-refractivity contribution in [1.29, 1.82) is 0 Å². The summed E-state index contributed by atoms with van der Waals surface area (Å²) in [5.41, 5.74) is 1.36. The number of carbonyl (C=O) groups is 1. The van der Waals surface area contributed by atoms with Gasteiger partial charge in [-0.3, -0.25) is 4.79 Å². The molecule has 0 saturated carbocycles. The minimum Gasteiger partial charge on any atom is -0.497 e. The van der Waals surface area contributed by atoms with Gasteiger partial charge in [-0.2, -0.15) is 0 Å². The SMILES string of the molecule is COc1ccc(C=C2SC(=Nc3ccc(OC)cc3OC)NC2=O)c(OC)c1. The highest BCUT2D eigenvalue weighted by Crippen LogP contribution is 2.35. The number of benzene rings is 2. The number of amidine groups is 1. The number of nitrogens with one attached hydrogen (secondary N) is 1. The molecule has 1 aliphatic rings. The second-order valence-corrected chi connectivity index (χ2v) is 6.66. The van der Waals surface area contributed by atoms with Gasteiger partial charge >= 0.3 is 0 Å². The minimum absolute atomic E-state index is 0.228. The first-order valence-corrected chi connectivity index (χ1v) is 9.13. The predicted octanol–water partition coefficient (Wildman–Crippen LogP) is 3.61. The van der Waals surface area contributed by atoms with Gasteiger partial charge in [0.25, 0.3) is 5.91 Å². The van der Waals surface area contributed by atoms with Crippen LogP contribution in [0.2, 0.25) is 0 Å². The quantitative estimate of drug-likeness (QED) is 0.747. The zero-order valence-electron chi connectivity index (χ0n) is 15.9. The molecule has 0 aromatic heterocycles. The summed E-state index contributed by atoms with van der Waals surface area (Å²) >= 11 is 1.24. The lowest BCUT2D eigenvalue weighted by molar-refractivity contribution is -0.115. The highest BCUT2D eigenvalue weighted by molar-refractivity contribution is 8.18. The molecule has 0 radical (unpaired) electrons. The van der Waals surface area contributed by atoms with Crippen LogP contribution in [0.25, 0.3) is 6.08 Å². The molecule has 1 fully saturated rings. The van der Waals surface area contributed by atoms with E-state index in [0.717, 1.165) is 5.56 Å². The van der Waals surface area contributed by atoms with Crippen LogP contribution in [0.3, 0.4) is 0 Å². The molecule has 1 heterocycles. The summed E-state index contributed by atoms with van der Waals surface area (Å²) in [4.78, 5) is 17.4. The van der Waals surface area contributed by atoms with Gasteiger partial charge in [-0.25, -0.2) is 4.99 Å². The largest absolute Gasteiger partial charge is 0.497 e. The van der Waals surface area contributed by atoms with E-state index in [2.05, 4.69) is 10.3 Å². The third-order valence-corrected chi connectivity index (χ3v) is 4.90. The summed E-state index contributed by atoms with van der Waals surface area (Å²) in [7, 11) is 6.29. The Kier molecular flexibility index (Phi) is 6.10. The normalized spacial score (nSPS) is 16.2. The van der Waals surface area contributed by atoms with Crippen molar-refractivity contribution < 1.29 is 23.7 Å². The Morgan fingerprint density at radius 2 is 1.54 bits per heavy atom. The zero-order chi connectivity index (χ0) is 20.1. The molecule has 146 valence electrons. The van der Waals surface area contributed by atoms with E-state index in [1.807, 2.05) is 12.1 Å². The summed E-state index contributed by atoms with van der Waals surface area (Å²) in [5, 5.41) is 3.23. The maximum atomic E-state index is 12.4. The molecule has 2 aromatic carbocycles. The Balaban J connectivity index is 1.88. The number of aliphatic imine (C=N–C) groups is 1. The monoisotopic (exact) mass is 400 g/mol. The van der Waals surface area contributed by atoms with E-state index in [1.165, 1.54) is 11.8 Å². The molecule has 28 heavy (non-hydrogen) atoms. The second kappa shape index (κ2) is 8.71. The van der Waals surface area contributed by atoms with Crippen molar-refractivity contribution in [2.75, 3.05) is 28.4 Å². The molecule has 0 spiro atoms. The first-order valence-electron chi connectivity index (χ1n) is 8.31. The standard InChI is InChI=1S/C20H20N2O5S/c1-24-13-6-5-12(16(10-13)26-3)9-18-19(23)22-20(28-18)21-15-8-7-14(25-2)11-17(15)27-4/h5-11H,1-4H3,(H,21,22,23). The lowest BCUT2D eigenvalue weighted by Gasteiger charge is -2.07. The average molecular weight is 400 g/mol. The molecule has 2 aromatic rings. The Hall–Kier alpha value is -3.13. The lowest BCUT2D eigenvalue weighted by Crippen LogP contribution is -2.19. The molecular formula is C20H20N2O5S. The number of nitrogens with zero attached hydrogens (tertiary/aromatic N) is 1. The van der Waals surface area contributed by atoms with Gasteiger partial charge in [-0.15, -0.1) is 0 Å². The number of hydrogen-bond donors (Lipinski definition) is 1. The van der Waals surface area contributed by atoms with Crippen LogP contribution in [-0.4, -0.2) is 39.5 Å². The number of ether oxygens (including phenoxy) is 4. The van der Waals surface area contributed by atoms with Crippen molar-refractivity contribution in [2.24, 2.45) is 4.99 Å². The maximum absolute atomic E-state index is 12.4. The van der Waals surface area contributed by atoms with E-state index in [-0.39, 0.29) is 5.91 Å². The summed E-state index contributed by atoms with van der Waals surface area (Å²) in [5.74, 6) is 2.28. The van der Waals surface area contributed by atoms with Gasteiger partial charge in [-0.05, 0) is 42.1 Å². The van der Waals surface area contributed by atoms with Crippen LogP contribution in [0.1, 0.15) is 5.56 Å². The molecular weight excluding hydrogens is 380 g/mol. The van der Waals surface area contributed by atoms with Crippen molar-refractivity contribution in [1.82, 2.24) is 5.32 Å². The van der Waals surface area contributed by atoms with Crippen LogP contribution in [0, 0.1) is 0 Å². The number of amides is 1. The average Bonchev–Trinajstić information content (AvgIpc) is 3.07. The Bertz CT molecular complexity index is 956. The first kappa shape index (κ1) is 19.6. The zero-order valence-corrected chi connectivity index (χ0v) is 16.8. The smallest absolute Gasteiger partial charge is 0.264 e. The van der Waals surface area contributed by atoms with Crippen LogP contribution < -0.4 is 24.3 Å². The van der Waals surface area contributed by atoms with Gasteiger partial charge in [-0.1, -0.05) is 0 Å². The first-order chi connectivity index (χ1) is 13.6. The van der Waals surface area contributed by atoms with E-state index in [0.29, 0.717) is 38.8 Å². The number of rotatable bonds is 6. The minimum atomic E-state index is -0.228. The predicted molar refractivity (Wildman–Crippen MR) is 110 cm³/mol. The number of hydrogen-bond acceptors (Lipinski definition) is 7. The van der Waals surface area contributed by atoms with E-state index >= 15 is 0 Å². The Morgan fingerprint density at radius 3 is 2.18 bits per heavy atom. The van der Waals surface area contributed by atoms with Crippen molar-refractivity contribution in [3.05, 3.63) is 46.9 Å². The second-order valence-electron chi connectivity index (χ2n) is 5.63. The van der Waals surface area contributed by atoms with Crippen LogP contribution in [-0.2, 0) is 4.79 Å². The molecule has 3 rings (SSSR count). The van der Waals surface area contributed by atoms with E-state index in [4.69, 9.17) is 18.9 Å². The summed E-state index contributed by atoms with van der Waals surface area (Å²) in [6.45, 7) is 0.